The van der Waals surface area contributed by atoms with Crippen LogP contribution < -0.4 is 16.4 Å². The van der Waals surface area contributed by atoms with Gasteiger partial charge >= 0.3 is 0 Å². The Morgan fingerprint density at radius 3 is 3.08 bits per heavy atom. The lowest BCUT2D eigenvalue weighted by molar-refractivity contribution is -0.125. The van der Waals surface area contributed by atoms with Crippen LogP contribution in [0, 0.1) is 5.92 Å². The Hall–Kier alpha value is -0.610. The number of rotatable bonds is 4. The van der Waals surface area contributed by atoms with Crippen molar-refractivity contribution < 1.29 is 4.79 Å². The predicted octanol–water partition coefficient (Wildman–Crippen LogP) is -0.549. The quantitative estimate of drug-likeness (QED) is 0.515. The highest BCUT2D eigenvalue weighted by Crippen LogP contribution is 2.09. The standard InChI is InChI=1S/C9H19N3O/c10-4-2-6-12-9(13)8-3-1-5-11-7-8/h8,11H,1-7,10H2,(H,12,13). The van der Waals surface area contributed by atoms with Crippen molar-refractivity contribution in [1.82, 2.24) is 10.6 Å². The van der Waals surface area contributed by atoms with Crippen molar-refractivity contribution in [1.29, 1.82) is 0 Å². The molecule has 0 aromatic heterocycles. The van der Waals surface area contributed by atoms with Gasteiger partial charge in [-0.3, -0.25) is 4.79 Å². The summed E-state index contributed by atoms with van der Waals surface area (Å²) in [5.41, 5.74) is 5.33. The van der Waals surface area contributed by atoms with Gasteiger partial charge in [0.05, 0.1) is 5.92 Å². The number of carbonyl (C=O) groups excluding carboxylic acids is 1. The van der Waals surface area contributed by atoms with E-state index < -0.39 is 0 Å². The van der Waals surface area contributed by atoms with E-state index in [4.69, 9.17) is 5.73 Å². The van der Waals surface area contributed by atoms with Crippen molar-refractivity contribution in [2.75, 3.05) is 26.2 Å². The van der Waals surface area contributed by atoms with Gasteiger partial charge in [0.15, 0.2) is 0 Å². The number of hydrogen-bond acceptors (Lipinski definition) is 3. The average Bonchev–Trinajstić information content (AvgIpc) is 2.19. The molecule has 1 saturated heterocycles. The van der Waals surface area contributed by atoms with Crippen molar-refractivity contribution in [2.24, 2.45) is 11.7 Å². The van der Waals surface area contributed by atoms with E-state index in [-0.39, 0.29) is 11.8 Å². The van der Waals surface area contributed by atoms with E-state index in [0.717, 1.165) is 32.4 Å². The lowest BCUT2D eigenvalue weighted by Gasteiger charge is -2.21. The fraction of sp³-hybridized carbons (Fsp3) is 0.889. The van der Waals surface area contributed by atoms with Gasteiger partial charge in [-0.15, -0.1) is 0 Å². The van der Waals surface area contributed by atoms with E-state index in [9.17, 15) is 4.79 Å². The molecule has 1 amide bonds. The minimum Gasteiger partial charge on any atom is -0.356 e. The molecule has 1 unspecified atom stereocenters. The molecule has 1 aliphatic heterocycles. The molecule has 76 valence electrons. The van der Waals surface area contributed by atoms with E-state index in [0.29, 0.717) is 13.1 Å². The largest absolute Gasteiger partial charge is 0.356 e. The van der Waals surface area contributed by atoms with Crippen LogP contribution in [-0.2, 0) is 4.79 Å². The Kier molecular flexibility index (Phi) is 4.78. The van der Waals surface area contributed by atoms with Gasteiger partial charge in [0.25, 0.3) is 0 Å². The second-order valence-electron chi connectivity index (χ2n) is 3.48. The van der Waals surface area contributed by atoms with E-state index >= 15 is 0 Å². The van der Waals surface area contributed by atoms with Crippen LogP contribution in [0.25, 0.3) is 0 Å². The van der Waals surface area contributed by atoms with E-state index in [1.54, 1.807) is 0 Å². The van der Waals surface area contributed by atoms with Crippen LogP contribution in [0.5, 0.6) is 0 Å². The Morgan fingerprint density at radius 1 is 1.62 bits per heavy atom. The molecule has 4 heteroatoms. The van der Waals surface area contributed by atoms with Crippen molar-refractivity contribution in [3.63, 3.8) is 0 Å². The average molecular weight is 185 g/mol. The van der Waals surface area contributed by atoms with Gasteiger partial charge in [-0.2, -0.15) is 0 Å². The molecule has 4 N–H and O–H groups in total. The fourth-order valence-electron chi connectivity index (χ4n) is 1.53. The van der Waals surface area contributed by atoms with Crippen LogP contribution in [0.4, 0.5) is 0 Å². The minimum absolute atomic E-state index is 0.173. The van der Waals surface area contributed by atoms with Gasteiger partial charge in [0.2, 0.25) is 5.91 Å². The number of carbonyl (C=O) groups is 1. The first kappa shape index (κ1) is 10.5. The van der Waals surface area contributed by atoms with Crippen molar-refractivity contribution in [3.05, 3.63) is 0 Å². The van der Waals surface area contributed by atoms with Gasteiger partial charge in [0.1, 0.15) is 0 Å². The van der Waals surface area contributed by atoms with Gasteiger partial charge in [-0.25, -0.2) is 0 Å². The van der Waals surface area contributed by atoms with Gasteiger partial charge < -0.3 is 16.4 Å². The normalized spacial score (nSPS) is 22.7. The number of piperidine rings is 1. The highest BCUT2D eigenvalue weighted by molar-refractivity contribution is 5.78. The predicted molar refractivity (Wildman–Crippen MR) is 52.3 cm³/mol. The summed E-state index contributed by atoms with van der Waals surface area (Å²) in [5, 5.41) is 6.11. The molecule has 4 nitrogen and oxygen atoms in total. The molecule has 0 bridgehead atoms. The van der Waals surface area contributed by atoms with Crippen molar-refractivity contribution >= 4 is 5.91 Å². The Bertz CT molecular complexity index is 155. The molecular formula is C9H19N3O. The molecule has 1 fully saturated rings. The van der Waals surface area contributed by atoms with E-state index in [1.165, 1.54) is 0 Å². The van der Waals surface area contributed by atoms with Gasteiger partial charge in [-0.05, 0) is 32.4 Å². The second-order valence-corrected chi connectivity index (χ2v) is 3.48. The highest BCUT2D eigenvalue weighted by atomic mass is 16.1. The fourth-order valence-corrected chi connectivity index (χ4v) is 1.53. The number of amides is 1. The third-order valence-electron chi connectivity index (χ3n) is 2.35. The van der Waals surface area contributed by atoms with E-state index in [1.807, 2.05) is 0 Å². The topological polar surface area (TPSA) is 67.1 Å². The first-order chi connectivity index (χ1) is 6.34. The van der Waals surface area contributed by atoms with Crippen LogP contribution in [0.15, 0.2) is 0 Å². The van der Waals surface area contributed by atoms with Crippen LogP contribution in [0.1, 0.15) is 19.3 Å². The number of nitrogens with one attached hydrogen (secondary N) is 2. The molecule has 0 saturated carbocycles. The molecule has 0 aromatic carbocycles. The van der Waals surface area contributed by atoms with Gasteiger partial charge in [0, 0.05) is 13.1 Å². The molecule has 0 radical (unpaired) electrons. The summed E-state index contributed by atoms with van der Waals surface area (Å²) in [4.78, 5) is 11.5. The summed E-state index contributed by atoms with van der Waals surface area (Å²) in [6.07, 6.45) is 2.99. The zero-order valence-corrected chi connectivity index (χ0v) is 8.01. The smallest absolute Gasteiger partial charge is 0.224 e. The van der Waals surface area contributed by atoms with Crippen molar-refractivity contribution in [3.8, 4) is 0 Å². The number of hydrogen-bond donors (Lipinski definition) is 3. The summed E-state index contributed by atoms with van der Waals surface area (Å²) in [6, 6.07) is 0. The molecule has 0 aliphatic carbocycles. The maximum Gasteiger partial charge on any atom is 0.224 e. The molecule has 1 aliphatic rings. The Balaban J connectivity index is 2.13. The Morgan fingerprint density at radius 2 is 2.46 bits per heavy atom. The molecular weight excluding hydrogens is 166 g/mol. The lowest BCUT2D eigenvalue weighted by atomic mass is 9.99. The SMILES string of the molecule is NCCCNC(=O)C1CCCNC1. The third-order valence-corrected chi connectivity index (χ3v) is 2.35. The monoisotopic (exact) mass is 185 g/mol. The maximum absolute atomic E-state index is 11.5. The molecule has 0 spiro atoms. The Labute approximate surface area is 79.3 Å². The molecule has 1 atom stereocenters. The highest BCUT2D eigenvalue weighted by Gasteiger charge is 2.19. The maximum atomic E-state index is 11.5. The van der Waals surface area contributed by atoms with Gasteiger partial charge in [-0.1, -0.05) is 0 Å². The third kappa shape index (κ3) is 3.74. The molecule has 0 aromatic rings. The van der Waals surface area contributed by atoms with E-state index in [2.05, 4.69) is 10.6 Å². The molecule has 13 heavy (non-hydrogen) atoms. The van der Waals surface area contributed by atoms with Crippen LogP contribution in [0.3, 0.4) is 0 Å². The van der Waals surface area contributed by atoms with Crippen LogP contribution in [-0.4, -0.2) is 32.1 Å². The van der Waals surface area contributed by atoms with Crippen LogP contribution >= 0.6 is 0 Å². The second kappa shape index (κ2) is 5.94. The summed E-state index contributed by atoms with van der Waals surface area (Å²) >= 11 is 0. The zero-order chi connectivity index (χ0) is 9.52. The summed E-state index contributed by atoms with van der Waals surface area (Å²) in [7, 11) is 0. The summed E-state index contributed by atoms with van der Waals surface area (Å²) < 4.78 is 0. The lowest BCUT2D eigenvalue weighted by Crippen LogP contribution is -2.41. The summed E-state index contributed by atoms with van der Waals surface area (Å²) in [6.45, 7) is 3.23. The minimum atomic E-state index is 0.173. The molecule has 1 heterocycles. The van der Waals surface area contributed by atoms with Crippen LogP contribution in [0.2, 0.25) is 0 Å². The summed E-state index contributed by atoms with van der Waals surface area (Å²) in [5.74, 6) is 0.354. The zero-order valence-electron chi connectivity index (χ0n) is 8.01. The first-order valence-corrected chi connectivity index (χ1v) is 5.03. The molecule has 1 rings (SSSR count). The van der Waals surface area contributed by atoms with Crippen molar-refractivity contribution in [2.45, 2.75) is 19.3 Å². The first-order valence-electron chi connectivity index (χ1n) is 5.03. The number of nitrogens with two attached hydrogens (primary N) is 1.